The van der Waals surface area contributed by atoms with Crippen molar-refractivity contribution in [1.82, 2.24) is 0 Å². The SMILES string of the molecule is Cc1ccc(C)c(C(N)c2ccc(Cl)c3ccccc23)c1. The van der Waals surface area contributed by atoms with Crippen LogP contribution in [0.25, 0.3) is 10.8 Å². The van der Waals surface area contributed by atoms with Crippen molar-refractivity contribution >= 4 is 22.4 Å². The predicted molar refractivity (Wildman–Crippen MR) is 90.9 cm³/mol. The van der Waals surface area contributed by atoms with E-state index in [2.05, 4.69) is 38.1 Å². The molecule has 2 N–H and O–H groups in total. The van der Waals surface area contributed by atoms with Gasteiger partial charge in [0.1, 0.15) is 0 Å². The zero-order valence-corrected chi connectivity index (χ0v) is 13.0. The van der Waals surface area contributed by atoms with E-state index in [1.165, 1.54) is 16.7 Å². The summed E-state index contributed by atoms with van der Waals surface area (Å²) >= 11 is 6.30. The highest BCUT2D eigenvalue weighted by Gasteiger charge is 2.15. The van der Waals surface area contributed by atoms with E-state index >= 15 is 0 Å². The van der Waals surface area contributed by atoms with Gasteiger partial charge < -0.3 is 5.73 Å². The smallest absolute Gasteiger partial charge is 0.0560 e. The zero-order valence-electron chi connectivity index (χ0n) is 12.2. The third kappa shape index (κ3) is 2.55. The van der Waals surface area contributed by atoms with Crippen LogP contribution in [0, 0.1) is 13.8 Å². The molecule has 21 heavy (non-hydrogen) atoms. The van der Waals surface area contributed by atoms with Crippen molar-refractivity contribution in [2.45, 2.75) is 19.9 Å². The molecule has 0 aliphatic heterocycles. The number of aryl methyl sites for hydroxylation is 2. The van der Waals surface area contributed by atoms with Gasteiger partial charge in [0.05, 0.1) is 6.04 Å². The minimum atomic E-state index is -0.146. The summed E-state index contributed by atoms with van der Waals surface area (Å²) in [6.07, 6.45) is 0. The Bertz CT molecular complexity index is 808. The summed E-state index contributed by atoms with van der Waals surface area (Å²) in [7, 11) is 0. The summed E-state index contributed by atoms with van der Waals surface area (Å²) in [6.45, 7) is 4.20. The fourth-order valence-corrected chi connectivity index (χ4v) is 3.05. The number of hydrogen-bond acceptors (Lipinski definition) is 1. The highest BCUT2D eigenvalue weighted by molar-refractivity contribution is 6.35. The van der Waals surface area contributed by atoms with E-state index in [0.717, 1.165) is 21.4 Å². The van der Waals surface area contributed by atoms with Gasteiger partial charge in [-0.05, 0) is 42.0 Å². The number of rotatable bonds is 2. The van der Waals surface area contributed by atoms with Crippen molar-refractivity contribution in [3.63, 3.8) is 0 Å². The van der Waals surface area contributed by atoms with Gasteiger partial charge in [0.25, 0.3) is 0 Å². The van der Waals surface area contributed by atoms with E-state index in [1.54, 1.807) is 0 Å². The van der Waals surface area contributed by atoms with Crippen molar-refractivity contribution in [2.24, 2.45) is 5.73 Å². The van der Waals surface area contributed by atoms with Crippen molar-refractivity contribution < 1.29 is 0 Å². The first-order chi connectivity index (χ1) is 10.1. The van der Waals surface area contributed by atoms with Gasteiger partial charge in [-0.3, -0.25) is 0 Å². The Balaban J connectivity index is 2.20. The minimum absolute atomic E-state index is 0.146. The second-order valence-electron chi connectivity index (χ2n) is 5.52. The van der Waals surface area contributed by atoms with Crippen molar-refractivity contribution in [1.29, 1.82) is 0 Å². The molecule has 1 atom stereocenters. The van der Waals surface area contributed by atoms with Crippen LogP contribution >= 0.6 is 11.6 Å². The summed E-state index contributed by atoms with van der Waals surface area (Å²) in [5.41, 5.74) is 11.3. The molecule has 3 rings (SSSR count). The van der Waals surface area contributed by atoms with Crippen LogP contribution in [0.3, 0.4) is 0 Å². The van der Waals surface area contributed by atoms with Crippen LogP contribution in [-0.2, 0) is 0 Å². The zero-order chi connectivity index (χ0) is 15.0. The Labute approximate surface area is 130 Å². The average Bonchev–Trinajstić information content (AvgIpc) is 2.50. The van der Waals surface area contributed by atoms with E-state index < -0.39 is 0 Å². The van der Waals surface area contributed by atoms with Crippen molar-refractivity contribution in [3.8, 4) is 0 Å². The molecule has 0 aliphatic carbocycles. The Morgan fingerprint density at radius 2 is 1.57 bits per heavy atom. The highest BCUT2D eigenvalue weighted by atomic mass is 35.5. The molecule has 1 unspecified atom stereocenters. The summed E-state index contributed by atoms with van der Waals surface area (Å²) in [4.78, 5) is 0. The fourth-order valence-electron chi connectivity index (χ4n) is 2.82. The second-order valence-corrected chi connectivity index (χ2v) is 5.93. The van der Waals surface area contributed by atoms with Gasteiger partial charge in [0, 0.05) is 10.4 Å². The van der Waals surface area contributed by atoms with Gasteiger partial charge in [-0.2, -0.15) is 0 Å². The molecule has 0 aliphatic rings. The molecule has 0 radical (unpaired) electrons. The van der Waals surface area contributed by atoms with Crippen molar-refractivity contribution in [2.75, 3.05) is 0 Å². The highest BCUT2D eigenvalue weighted by Crippen LogP contribution is 2.32. The van der Waals surface area contributed by atoms with Gasteiger partial charge in [0.2, 0.25) is 0 Å². The summed E-state index contributed by atoms with van der Waals surface area (Å²) in [6, 6.07) is 18.4. The summed E-state index contributed by atoms with van der Waals surface area (Å²) in [5, 5.41) is 2.94. The molecule has 0 fully saturated rings. The Morgan fingerprint density at radius 1 is 0.857 bits per heavy atom. The molecule has 106 valence electrons. The van der Waals surface area contributed by atoms with E-state index in [9.17, 15) is 0 Å². The van der Waals surface area contributed by atoms with Crippen LogP contribution in [0.15, 0.2) is 54.6 Å². The molecular weight excluding hydrogens is 278 g/mol. The largest absolute Gasteiger partial charge is 0.320 e. The van der Waals surface area contributed by atoms with Crippen LogP contribution < -0.4 is 5.73 Å². The molecule has 0 spiro atoms. The standard InChI is InChI=1S/C19H18ClN/c1-12-7-8-13(2)17(11-12)19(21)16-9-10-18(20)15-6-4-3-5-14(15)16/h3-11,19H,21H2,1-2H3. The molecule has 2 heteroatoms. The fraction of sp³-hybridized carbons (Fsp3) is 0.158. The molecule has 0 aromatic heterocycles. The van der Waals surface area contributed by atoms with Gasteiger partial charge in [-0.25, -0.2) is 0 Å². The molecule has 1 nitrogen and oxygen atoms in total. The quantitative estimate of drug-likeness (QED) is 0.694. The van der Waals surface area contributed by atoms with Gasteiger partial charge in [0.15, 0.2) is 0 Å². The molecule has 3 aromatic rings. The molecule has 0 amide bonds. The maximum absolute atomic E-state index is 6.56. The molecule has 0 bridgehead atoms. The molecular formula is C19H18ClN. The first kappa shape index (κ1) is 14.1. The average molecular weight is 296 g/mol. The third-order valence-corrected chi connectivity index (χ3v) is 4.34. The number of nitrogens with two attached hydrogens (primary N) is 1. The van der Waals surface area contributed by atoms with E-state index in [1.807, 2.05) is 30.3 Å². The monoisotopic (exact) mass is 295 g/mol. The van der Waals surface area contributed by atoms with Crippen LogP contribution in [0.1, 0.15) is 28.3 Å². The van der Waals surface area contributed by atoms with Crippen LogP contribution in [0.5, 0.6) is 0 Å². The summed E-state index contributed by atoms with van der Waals surface area (Å²) < 4.78 is 0. The summed E-state index contributed by atoms with van der Waals surface area (Å²) in [5.74, 6) is 0. The normalized spacial score (nSPS) is 12.6. The second kappa shape index (κ2) is 5.51. The first-order valence-electron chi connectivity index (χ1n) is 7.08. The lowest BCUT2D eigenvalue weighted by Gasteiger charge is -2.18. The lowest BCUT2D eigenvalue weighted by atomic mass is 9.91. The lowest BCUT2D eigenvalue weighted by molar-refractivity contribution is 0.868. The number of hydrogen-bond donors (Lipinski definition) is 1. The number of benzene rings is 3. The van der Waals surface area contributed by atoms with Crippen LogP contribution in [0.4, 0.5) is 0 Å². The van der Waals surface area contributed by atoms with E-state index in [4.69, 9.17) is 17.3 Å². The molecule has 0 saturated heterocycles. The minimum Gasteiger partial charge on any atom is -0.320 e. The maximum atomic E-state index is 6.56. The van der Waals surface area contributed by atoms with Gasteiger partial charge in [-0.15, -0.1) is 0 Å². The molecule has 0 saturated carbocycles. The Morgan fingerprint density at radius 3 is 2.33 bits per heavy atom. The molecule has 0 heterocycles. The lowest BCUT2D eigenvalue weighted by Crippen LogP contribution is -2.14. The number of halogens is 1. The number of fused-ring (bicyclic) bond motifs is 1. The third-order valence-electron chi connectivity index (χ3n) is 4.01. The predicted octanol–water partition coefficient (Wildman–Crippen LogP) is 5.16. The van der Waals surface area contributed by atoms with E-state index in [-0.39, 0.29) is 6.04 Å². The van der Waals surface area contributed by atoms with Crippen molar-refractivity contribution in [3.05, 3.63) is 81.9 Å². The maximum Gasteiger partial charge on any atom is 0.0560 e. The topological polar surface area (TPSA) is 26.0 Å². The van der Waals surface area contributed by atoms with E-state index in [0.29, 0.717) is 0 Å². The van der Waals surface area contributed by atoms with Crippen LogP contribution in [-0.4, -0.2) is 0 Å². The van der Waals surface area contributed by atoms with Gasteiger partial charge >= 0.3 is 0 Å². The molecule has 3 aromatic carbocycles. The Hall–Kier alpha value is -1.83. The first-order valence-corrected chi connectivity index (χ1v) is 7.45. The van der Waals surface area contributed by atoms with Crippen LogP contribution in [0.2, 0.25) is 5.02 Å². The van der Waals surface area contributed by atoms with Gasteiger partial charge in [-0.1, -0.05) is 65.7 Å². The Kier molecular flexibility index (Phi) is 3.71.